The monoisotopic (exact) mass is 343 g/mol. The summed E-state index contributed by atoms with van der Waals surface area (Å²) >= 11 is 5.84. The number of benzene rings is 1. The van der Waals surface area contributed by atoms with Crippen LogP contribution in [0.15, 0.2) is 28.8 Å². The average molecular weight is 344 g/mol. The van der Waals surface area contributed by atoms with Crippen molar-refractivity contribution < 1.29 is 14.4 Å². The van der Waals surface area contributed by atoms with Gasteiger partial charge in [-0.1, -0.05) is 16.8 Å². The third-order valence-corrected chi connectivity index (χ3v) is 3.81. The van der Waals surface area contributed by atoms with Crippen LogP contribution in [0.3, 0.4) is 0 Å². The molecule has 22 heavy (non-hydrogen) atoms. The van der Waals surface area contributed by atoms with Crippen molar-refractivity contribution in [2.24, 2.45) is 0 Å². The molecular formula is C14H15Cl2N3O3. The standard InChI is InChI=1S/C14H14ClN3O3.ClH/c15-10-5-3-9(4-6-10)13-16-12(21-17-13)8-18-7-1-2-11(18)14(19)20;/h3-6,11H,1-2,7-8H2,(H,19,20);1H/t11-;/m0./s1. The normalized spacial score (nSPS) is 18.1. The van der Waals surface area contributed by atoms with Crippen LogP contribution in [0.25, 0.3) is 11.4 Å². The van der Waals surface area contributed by atoms with E-state index in [0.29, 0.717) is 29.7 Å². The Bertz CT molecular complexity index is 645. The Kier molecular flexibility index (Phi) is 5.39. The second-order valence-electron chi connectivity index (χ2n) is 4.99. The largest absolute Gasteiger partial charge is 0.480 e. The minimum Gasteiger partial charge on any atom is -0.480 e. The maximum Gasteiger partial charge on any atom is 0.320 e. The van der Waals surface area contributed by atoms with Gasteiger partial charge in [-0.3, -0.25) is 9.69 Å². The number of halogens is 2. The first-order valence-corrected chi connectivity index (χ1v) is 7.06. The third kappa shape index (κ3) is 3.58. The summed E-state index contributed by atoms with van der Waals surface area (Å²) in [5.41, 5.74) is 0.811. The van der Waals surface area contributed by atoms with Crippen molar-refractivity contribution in [1.29, 1.82) is 0 Å². The molecule has 0 saturated carbocycles. The Morgan fingerprint density at radius 1 is 1.41 bits per heavy atom. The SMILES string of the molecule is Cl.O=C(O)[C@@H]1CCCN1Cc1nc(-c2ccc(Cl)cc2)no1. The van der Waals surface area contributed by atoms with Crippen LogP contribution in [-0.4, -0.2) is 38.7 Å². The zero-order valence-corrected chi connectivity index (χ0v) is 13.2. The fourth-order valence-corrected chi connectivity index (χ4v) is 2.63. The van der Waals surface area contributed by atoms with E-state index in [1.165, 1.54) is 0 Å². The number of carboxylic acid groups (broad SMARTS) is 1. The van der Waals surface area contributed by atoms with E-state index in [-0.39, 0.29) is 12.4 Å². The third-order valence-electron chi connectivity index (χ3n) is 3.56. The van der Waals surface area contributed by atoms with Crippen molar-refractivity contribution in [3.05, 3.63) is 35.2 Å². The summed E-state index contributed by atoms with van der Waals surface area (Å²) in [5.74, 6) is 0.103. The summed E-state index contributed by atoms with van der Waals surface area (Å²) in [6, 6.07) is 6.68. The molecule has 1 aromatic heterocycles. The average Bonchev–Trinajstić information content (AvgIpc) is 3.09. The first-order valence-electron chi connectivity index (χ1n) is 6.69. The zero-order chi connectivity index (χ0) is 14.8. The molecule has 1 aromatic carbocycles. The smallest absolute Gasteiger partial charge is 0.320 e. The predicted octanol–water partition coefficient (Wildman–Crippen LogP) is 2.86. The fourth-order valence-electron chi connectivity index (χ4n) is 2.50. The first-order chi connectivity index (χ1) is 10.1. The second-order valence-corrected chi connectivity index (χ2v) is 5.42. The lowest BCUT2D eigenvalue weighted by Crippen LogP contribution is -2.35. The molecular weight excluding hydrogens is 329 g/mol. The van der Waals surface area contributed by atoms with Gasteiger partial charge >= 0.3 is 5.97 Å². The number of nitrogens with zero attached hydrogens (tertiary/aromatic N) is 3. The molecule has 0 aliphatic carbocycles. The highest BCUT2D eigenvalue weighted by Crippen LogP contribution is 2.22. The number of aromatic nitrogens is 2. The lowest BCUT2D eigenvalue weighted by molar-refractivity contribution is -0.142. The molecule has 1 aliphatic rings. The van der Waals surface area contributed by atoms with Crippen LogP contribution in [0.4, 0.5) is 0 Å². The van der Waals surface area contributed by atoms with E-state index in [1.54, 1.807) is 12.1 Å². The molecule has 2 aromatic rings. The van der Waals surface area contributed by atoms with Gasteiger partial charge in [0.15, 0.2) is 0 Å². The highest BCUT2D eigenvalue weighted by atomic mass is 35.5. The lowest BCUT2D eigenvalue weighted by atomic mass is 10.2. The summed E-state index contributed by atoms with van der Waals surface area (Å²) in [6.07, 6.45) is 1.53. The molecule has 1 fully saturated rings. The van der Waals surface area contributed by atoms with Crippen LogP contribution in [0.5, 0.6) is 0 Å². The van der Waals surface area contributed by atoms with E-state index < -0.39 is 12.0 Å². The van der Waals surface area contributed by atoms with Crippen LogP contribution in [0, 0.1) is 0 Å². The van der Waals surface area contributed by atoms with Crippen LogP contribution in [0.2, 0.25) is 5.02 Å². The van der Waals surface area contributed by atoms with Gasteiger partial charge in [-0.05, 0) is 43.7 Å². The Balaban J connectivity index is 0.00000176. The molecule has 6 nitrogen and oxygen atoms in total. The fraction of sp³-hybridized carbons (Fsp3) is 0.357. The number of carbonyl (C=O) groups is 1. The highest BCUT2D eigenvalue weighted by Gasteiger charge is 2.31. The number of aliphatic carboxylic acids is 1. The molecule has 0 spiro atoms. The predicted molar refractivity (Wildman–Crippen MR) is 83.1 cm³/mol. The molecule has 118 valence electrons. The summed E-state index contributed by atoms with van der Waals surface area (Å²) < 4.78 is 5.21. The Labute approximate surface area is 138 Å². The van der Waals surface area contributed by atoms with Gasteiger partial charge in [-0.15, -0.1) is 12.4 Å². The number of likely N-dealkylation sites (tertiary alicyclic amines) is 1. The Hall–Kier alpha value is -1.63. The van der Waals surface area contributed by atoms with Gasteiger partial charge in [0.05, 0.1) is 6.54 Å². The molecule has 3 rings (SSSR count). The van der Waals surface area contributed by atoms with Gasteiger partial charge in [0, 0.05) is 10.6 Å². The second kappa shape index (κ2) is 7.09. The maximum atomic E-state index is 11.1. The molecule has 1 N–H and O–H groups in total. The topological polar surface area (TPSA) is 79.5 Å². The lowest BCUT2D eigenvalue weighted by Gasteiger charge is -2.18. The molecule has 2 heterocycles. The van der Waals surface area contributed by atoms with Crippen molar-refractivity contribution in [3.63, 3.8) is 0 Å². The van der Waals surface area contributed by atoms with Crippen molar-refractivity contribution in [2.45, 2.75) is 25.4 Å². The molecule has 0 bridgehead atoms. The number of hydrogen-bond donors (Lipinski definition) is 1. The number of rotatable bonds is 4. The van der Waals surface area contributed by atoms with E-state index >= 15 is 0 Å². The first kappa shape index (κ1) is 16.7. The zero-order valence-electron chi connectivity index (χ0n) is 11.6. The van der Waals surface area contributed by atoms with Gasteiger partial charge in [0.25, 0.3) is 0 Å². The van der Waals surface area contributed by atoms with E-state index in [2.05, 4.69) is 10.1 Å². The van der Waals surface area contributed by atoms with E-state index in [9.17, 15) is 4.79 Å². The van der Waals surface area contributed by atoms with Crippen LogP contribution in [0.1, 0.15) is 18.7 Å². The Morgan fingerprint density at radius 2 is 2.14 bits per heavy atom. The molecule has 1 aliphatic heterocycles. The van der Waals surface area contributed by atoms with Gasteiger partial charge in [0.1, 0.15) is 6.04 Å². The van der Waals surface area contributed by atoms with Gasteiger partial charge in [-0.25, -0.2) is 0 Å². The maximum absolute atomic E-state index is 11.1. The van der Waals surface area contributed by atoms with Gasteiger partial charge in [0.2, 0.25) is 11.7 Å². The Morgan fingerprint density at radius 3 is 2.82 bits per heavy atom. The summed E-state index contributed by atoms with van der Waals surface area (Å²) in [7, 11) is 0. The minimum atomic E-state index is -0.801. The van der Waals surface area contributed by atoms with E-state index in [0.717, 1.165) is 18.5 Å². The quantitative estimate of drug-likeness (QED) is 0.919. The van der Waals surface area contributed by atoms with Gasteiger partial charge < -0.3 is 9.63 Å². The number of hydrogen-bond acceptors (Lipinski definition) is 5. The van der Waals surface area contributed by atoms with Crippen molar-refractivity contribution in [3.8, 4) is 11.4 Å². The molecule has 0 amide bonds. The van der Waals surface area contributed by atoms with Gasteiger partial charge in [-0.2, -0.15) is 4.98 Å². The summed E-state index contributed by atoms with van der Waals surface area (Å²) in [6.45, 7) is 1.09. The van der Waals surface area contributed by atoms with Crippen LogP contribution < -0.4 is 0 Å². The summed E-state index contributed by atoms with van der Waals surface area (Å²) in [4.78, 5) is 17.3. The van der Waals surface area contributed by atoms with E-state index in [1.807, 2.05) is 17.0 Å². The molecule has 1 atom stereocenters. The summed E-state index contributed by atoms with van der Waals surface area (Å²) in [5, 5.41) is 13.7. The molecule has 0 radical (unpaired) electrons. The van der Waals surface area contributed by atoms with Crippen molar-refractivity contribution in [2.75, 3.05) is 6.54 Å². The van der Waals surface area contributed by atoms with Crippen molar-refractivity contribution >= 4 is 30.0 Å². The molecule has 1 saturated heterocycles. The van der Waals surface area contributed by atoms with Crippen LogP contribution in [-0.2, 0) is 11.3 Å². The minimum absolute atomic E-state index is 0. The molecule has 0 unspecified atom stereocenters. The van der Waals surface area contributed by atoms with Crippen molar-refractivity contribution in [1.82, 2.24) is 15.0 Å². The molecule has 8 heteroatoms. The number of carboxylic acids is 1. The van der Waals surface area contributed by atoms with Crippen LogP contribution >= 0.6 is 24.0 Å². The highest BCUT2D eigenvalue weighted by molar-refractivity contribution is 6.30. The van der Waals surface area contributed by atoms with E-state index in [4.69, 9.17) is 21.2 Å².